The Hall–Kier alpha value is -1.25. The van der Waals surface area contributed by atoms with E-state index in [4.69, 9.17) is 0 Å². The fraction of sp³-hybridized carbons (Fsp3) is 0.600. The molecule has 0 aliphatic heterocycles. The first-order valence-electron chi connectivity index (χ1n) is 5.41. The van der Waals surface area contributed by atoms with Gasteiger partial charge in [-0.15, -0.1) is 0 Å². The van der Waals surface area contributed by atoms with Crippen molar-refractivity contribution in [1.82, 2.24) is 19.6 Å². The highest BCUT2D eigenvalue weighted by molar-refractivity contribution is 7.79. The maximum Gasteiger partial charge on any atom is 0.344 e. The van der Waals surface area contributed by atoms with E-state index < -0.39 is 11.1 Å². The van der Waals surface area contributed by atoms with Crippen molar-refractivity contribution in [3.05, 3.63) is 18.0 Å². The summed E-state index contributed by atoms with van der Waals surface area (Å²) in [5.41, 5.74) is 0.913. The largest absolute Gasteiger partial charge is 0.771 e. The van der Waals surface area contributed by atoms with Crippen LogP contribution in [-0.4, -0.2) is 67.4 Å². The lowest BCUT2D eigenvalue weighted by Crippen LogP contribution is -2.38. The van der Waals surface area contributed by atoms with Crippen molar-refractivity contribution in [2.75, 3.05) is 33.1 Å². The Morgan fingerprint density at radius 1 is 1.50 bits per heavy atom. The van der Waals surface area contributed by atoms with Gasteiger partial charge in [0.2, 0.25) is 0 Å². The second-order valence-electron chi connectivity index (χ2n) is 4.18. The first-order valence-corrected chi connectivity index (χ1v) is 6.65. The van der Waals surface area contributed by atoms with Gasteiger partial charge in [0.1, 0.15) is 0 Å². The molecule has 1 amide bonds. The lowest BCUT2D eigenvalue weighted by atomic mass is 10.4. The zero-order chi connectivity index (χ0) is 13.7. The van der Waals surface area contributed by atoms with Gasteiger partial charge in [-0.05, 0) is 30.6 Å². The molecular formula is C10H17N4O3S-. The van der Waals surface area contributed by atoms with Crippen LogP contribution in [0.15, 0.2) is 12.4 Å². The normalized spacial score (nSPS) is 12.7. The maximum absolute atomic E-state index is 11.9. The molecular weight excluding hydrogens is 256 g/mol. The SMILES string of the molecule is Cc1cnn(C(=O)N(C)CCN(C)CS(=O)[O-])c1. The maximum atomic E-state index is 11.9. The third-order valence-electron chi connectivity index (χ3n) is 2.38. The third kappa shape index (κ3) is 4.55. The highest BCUT2D eigenvalue weighted by atomic mass is 32.2. The Morgan fingerprint density at radius 2 is 2.17 bits per heavy atom. The first-order chi connectivity index (χ1) is 8.40. The number of carbonyl (C=O) groups excluding carboxylic acids is 1. The lowest BCUT2D eigenvalue weighted by molar-refractivity contribution is 0.201. The Balaban J connectivity index is 2.43. The van der Waals surface area contributed by atoms with Gasteiger partial charge < -0.3 is 9.45 Å². The highest BCUT2D eigenvalue weighted by Crippen LogP contribution is 1.98. The summed E-state index contributed by atoms with van der Waals surface area (Å²) in [6, 6.07) is -0.236. The summed E-state index contributed by atoms with van der Waals surface area (Å²) in [5.74, 6) is -0.0388. The van der Waals surface area contributed by atoms with Crippen LogP contribution in [0.2, 0.25) is 0 Å². The molecule has 0 aromatic carbocycles. The smallest absolute Gasteiger partial charge is 0.344 e. The molecule has 1 unspecified atom stereocenters. The molecule has 1 rings (SSSR count). The van der Waals surface area contributed by atoms with E-state index in [1.807, 2.05) is 6.92 Å². The van der Waals surface area contributed by atoms with Gasteiger partial charge in [0.15, 0.2) is 0 Å². The molecule has 0 saturated heterocycles. The van der Waals surface area contributed by atoms with Gasteiger partial charge in [-0.25, -0.2) is 4.79 Å². The molecule has 102 valence electrons. The van der Waals surface area contributed by atoms with Crippen molar-refractivity contribution in [2.45, 2.75) is 6.92 Å². The van der Waals surface area contributed by atoms with Crippen LogP contribution in [-0.2, 0) is 11.1 Å². The summed E-state index contributed by atoms with van der Waals surface area (Å²) in [7, 11) is 3.34. The molecule has 1 aromatic rings. The van der Waals surface area contributed by atoms with E-state index in [0.717, 1.165) is 5.56 Å². The van der Waals surface area contributed by atoms with E-state index in [9.17, 15) is 13.6 Å². The molecule has 0 fully saturated rings. The summed E-state index contributed by atoms with van der Waals surface area (Å²) in [4.78, 5) is 15.0. The third-order valence-corrected chi connectivity index (χ3v) is 3.03. The first kappa shape index (κ1) is 14.8. The molecule has 0 radical (unpaired) electrons. The van der Waals surface area contributed by atoms with Crippen molar-refractivity contribution >= 4 is 17.1 Å². The zero-order valence-electron chi connectivity index (χ0n) is 10.7. The van der Waals surface area contributed by atoms with E-state index in [0.29, 0.717) is 13.1 Å². The molecule has 0 saturated carbocycles. The summed E-state index contributed by atoms with van der Waals surface area (Å²) < 4.78 is 22.2. The topological polar surface area (TPSA) is 81.5 Å². The average molecular weight is 273 g/mol. The predicted molar refractivity (Wildman–Crippen MR) is 66.8 cm³/mol. The zero-order valence-corrected chi connectivity index (χ0v) is 11.5. The van der Waals surface area contributed by atoms with Gasteiger partial charge >= 0.3 is 6.03 Å². The quantitative estimate of drug-likeness (QED) is 0.697. The molecule has 0 aliphatic carbocycles. The molecule has 0 N–H and O–H groups in total. The minimum absolute atomic E-state index is 0.0388. The van der Waals surface area contributed by atoms with Crippen LogP contribution < -0.4 is 0 Å². The standard InChI is InChI=1S/C10H18N4O3S/c1-9-6-11-14(7-9)10(15)13(3)5-4-12(2)8-18(16)17/h6-7H,4-5,8H2,1-3H3,(H,16,17)/p-1. The van der Waals surface area contributed by atoms with Gasteiger partial charge in [-0.2, -0.15) is 9.78 Å². The Labute approximate surface area is 109 Å². The van der Waals surface area contributed by atoms with E-state index in [1.54, 1.807) is 31.4 Å². The second kappa shape index (κ2) is 6.62. The number of nitrogens with zero attached hydrogens (tertiary/aromatic N) is 4. The van der Waals surface area contributed by atoms with Crippen molar-refractivity contribution in [3.8, 4) is 0 Å². The number of hydrogen-bond donors (Lipinski definition) is 0. The highest BCUT2D eigenvalue weighted by Gasteiger charge is 2.12. The van der Waals surface area contributed by atoms with Gasteiger partial charge in [-0.1, -0.05) is 0 Å². The van der Waals surface area contributed by atoms with Gasteiger partial charge in [0.25, 0.3) is 0 Å². The van der Waals surface area contributed by atoms with Crippen LogP contribution in [0.5, 0.6) is 0 Å². The predicted octanol–water partition coefficient (Wildman–Crippen LogP) is -0.140. The van der Waals surface area contributed by atoms with Crippen molar-refractivity contribution < 1.29 is 13.6 Å². The van der Waals surface area contributed by atoms with Crippen LogP contribution in [0.25, 0.3) is 0 Å². The van der Waals surface area contributed by atoms with Crippen LogP contribution in [0.1, 0.15) is 5.56 Å². The van der Waals surface area contributed by atoms with Crippen LogP contribution in [0, 0.1) is 6.92 Å². The Morgan fingerprint density at radius 3 is 2.67 bits per heavy atom. The van der Waals surface area contributed by atoms with E-state index >= 15 is 0 Å². The fourth-order valence-corrected chi connectivity index (χ4v) is 1.84. The van der Waals surface area contributed by atoms with Crippen molar-refractivity contribution in [1.29, 1.82) is 0 Å². The monoisotopic (exact) mass is 273 g/mol. The number of hydrogen-bond acceptors (Lipinski definition) is 5. The number of carbonyl (C=O) groups is 1. The molecule has 18 heavy (non-hydrogen) atoms. The molecule has 1 aromatic heterocycles. The van der Waals surface area contributed by atoms with Crippen molar-refractivity contribution in [2.24, 2.45) is 0 Å². The second-order valence-corrected chi connectivity index (χ2v) is 5.04. The number of amides is 1. The molecule has 0 bridgehead atoms. The van der Waals surface area contributed by atoms with Gasteiger partial charge in [-0.3, -0.25) is 9.11 Å². The molecule has 1 heterocycles. The Kier molecular flexibility index (Phi) is 5.45. The molecule has 1 atom stereocenters. The number of rotatable bonds is 5. The summed E-state index contributed by atoms with van der Waals surface area (Å²) in [6.07, 6.45) is 3.26. The van der Waals surface area contributed by atoms with Gasteiger partial charge in [0, 0.05) is 26.3 Å². The lowest BCUT2D eigenvalue weighted by Gasteiger charge is -2.22. The minimum Gasteiger partial charge on any atom is -0.771 e. The van der Waals surface area contributed by atoms with Crippen LogP contribution in [0.3, 0.4) is 0 Å². The van der Waals surface area contributed by atoms with Gasteiger partial charge in [0.05, 0.1) is 12.1 Å². The van der Waals surface area contributed by atoms with Crippen LogP contribution in [0.4, 0.5) is 4.79 Å². The summed E-state index contributed by atoms with van der Waals surface area (Å²) in [5, 5.41) is 3.93. The van der Waals surface area contributed by atoms with Crippen LogP contribution >= 0.6 is 0 Å². The number of aryl methyl sites for hydroxylation is 1. The number of aromatic nitrogens is 2. The molecule has 0 spiro atoms. The van der Waals surface area contributed by atoms with E-state index in [-0.39, 0.29) is 11.9 Å². The Bertz CT molecular complexity index is 435. The fourth-order valence-electron chi connectivity index (χ4n) is 1.35. The van der Waals surface area contributed by atoms with E-state index in [2.05, 4.69) is 5.10 Å². The molecule has 7 nitrogen and oxygen atoms in total. The molecule has 8 heteroatoms. The average Bonchev–Trinajstić information content (AvgIpc) is 2.70. The van der Waals surface area contributed by atoms with Crippen molar-refractivity contribution in [3.63, 3.8) is 0 Å². The summed E-state index contributed by atoms with van der Waals surface area (Å²) >= 11 is -2.10. The van der Waals surface area contributed by atoms with E-state index in [1.165, 1.54) is 9.58 Å². The summed E-state index contributed by atoms with van der Waals surface area (Å²) in [6.45, 7) is 2.77. The number of likely N-dealkylation sites (N-methyl/N-ethyl adjacent to an activating group) is 2. The minimum atomic E-state index is -2.10. The molecule has 0 aliphatic rings.